The molecule has 0 aliphatic carbocycles. The van der Waals surface area contributed by atoms with Crippen LogP contribution in [0, 0.1) is 5.92 Å². The molecule has 0 bridgehead atoms. The van der Waals surface area contributed by atoms with Gasteiger partial charge in [0.15, 0.2) is 0 Å². The molecule has 0 aromatic heterocycles. The summed E-state index contributed by atoms with van der Waals surface area (Å²) in [4.78, 5) is 56.7. The zero-order valence-electron chi connectivity index (χ0n) is 27.8. The minimum atomic E-state index is -1.08. The predicted octanol–water partition coefficient (Wildman–Crippen LogP) is 4.27. The van der Waals surface area contributed by atoms with E-state index < -0.39 is 53.6 Å². The summed E-state index contributed by atoms with van der Waals surface area (Å²) in [5, 5.41) is 19.1. The molecule has 10 heteroatoms. The van der Waals surface area contributed by atoms with E-state index in [1.54, 1.807) is 25.7 Å². The smallest absolute Gasteiger partial charge is 0.408 e. The Bertz CT molecular complexity index is 1510. The third-order valence-electron chi connectivity index (χ3n) is 9.04. The van der Waals surface area contributed by atoms with Crippen LogP contribution in [0.15, 0.2) is 91.0 Å². The third-order valence-corrected chi connectivity index (χ3v) is 9.04. The van der Waals surface area contributed by atoms with Crippen LogP contribution in [-0.4, -0.2) is 70.2 Å². The second-order valence-electron chi connectivity index (χ2n) is 13.7. The van der Waals surface area contributed by atoms with Gasteiger partial charge >= 0.3 is 6.09 Å². The first-order valence-corrected chi connectivity index (χ1v) is 16.7. The SMILES string of the molecule is CC(C)(C)OC(=O)NC(Cc1ccccc1)C(=O)N[C@@H]1C(=O)N2[C@@H](CC[C@@H]1CO)CC[C@H]2C(=O)NC(c1ccccc1)c1ccccc1. The largest absolute Gasteiger partial charge is 0.444 e. The zero-order valence-corrected chi connectivity index (χ0v) is 27.8. The quantitative estimate of drug-likeness (QED) is 0.258. The van der Waals surface area contributed by atoms with Crippen molar-refractivity contribution in [2.75, 3.05) is 6.61 Å². The number of alkyl carbamates (subject to hydrolysis) is 1. The predicted molar refractivity (Wildman–Crippen MR) is 182 cm³/mol. The lowest BCUT2D eigenvalue weighted by molar-refractivity contribution is -0.144. The summed E-state index contributed by atoms with van der Waals surface area (Å²) in [5.74, 6) is -1.82. The van der Waals surface area contributed by atoms with Crippen molar-refractivity contribution < 1.29 is 29.0 Å². The van der Waals surface area contributed by atoms with Crippen LogP contribution >= 0.6 is 0 Å². The number of rotatable bonds is 10. The van der Waals surface area contributed by atoms with Crippen LogP contribution in [0.25, 0.3) is 0 Å². The summed E-state index contributed by atoms with van der Waals surface area (Å²) in [5.41, 5.74) is 1.86. The average molecular weight is 655 g/mol. The number of carbonyl (C=O) groups is 4. The van der Waals surface area contributed by atoms with Gasteiger partial charge in [-0.25, -0.2) is 4.79 Å². The first-order chi connectivity index (χ1) is 23.0. The molecule has 2 fully saturated rings. The van der Waals surface area contributed by atoms with E-state index in [9.17, 15) is 24.3 Å². The van der Waals surface area contributed by atoms with Crippen molar-refractivity contribution >= 4 is 23.8 Å². The fourth-order valence-corrected chi connectivity index (χ4v) is 6.72. The zero-order chi connectivity index (χ0) is 34.3. The molecule has 1 unspecified atom stereocenters. The van der Waals surface area contributed by atoms with Crippen LogP contribution in [0.4, 0.5) is 4.79 Å². The van der Waals surface area contributed by atoms with Crippen LogP contribution in [0.2, 0.25) is 0 Å². The Balaban J connectivity index is 1.37. The molecular formula is C38H46N4O6. The topological polar surface area (TPSA) is 137 Å². The van der Waals surface area contributed by atoms with Crippen LogP contribution in [-0.2, 0) is 25.5 Å². The highest BCUT2D eigenvalue weighted by Crippen LogP contribution is 2.35. The molecule has 0 radical (unpaired) electrons. The number of hydrogen-bond donors (Lipinski definition) is 4. The van der Waals surface area contributed by atoms with E-state index in [-0.39, 0.29) is 25.0 Å². The summed E-state index contributed by atoms with van der Waals surface area (Å²) in [6.45, 7) is 4.88. The molecule has 5 rings (SSSR count). The van der Waals surface area contributed by atoms with Crippen molar-refractivity contribution in [3.8, 4) is 0 Å². The highest BCUT2D eigenvalue weighted by Gasteiger charge is 2.48. The second kappa shape index (κ2) is 15.5. The van der Waals surface area contributed by atoms with E-state index in [4.69, 9.17) is 4.74 Å². The molecular weight excluding hydrogens is 608 g/mol. The molecule has 2 heterocycles. The summed E-state index contributed by atoms with van der Waals surface area (Å²) in [7, 11) is 0. The maximum absolute atomic E-state index is 14.4. The maximum Gasteiger partial charge on any atom is 0.408 e. The van der Waals surface area contributed by atoms with Gasteiger partial charge in [-0.3, -0.25) is 14.4 Å². The van der Waals surface area contributed by atoms with E-state index in [1.165, 1.54) is 0 Å². The number of aliphatic hydroxyl groups excluding tert-OH is 1. The number of benzene rings is 3. The number of nitrogens with one attached hydrogen (secondary N) is 3. The fourth-order valence-electron chi connectivity index (χ4n) is 6.72. The molecule has 254 valence electrons. The summed E-state index contributed by atoms with van der Waals surface area (Å²) in [6.07, 6.45) is 1.61. The van der Waals surface area contributed by atoms with Crippen LogP contribution in [0.1, 0.15) is 69.2 Å². The van der Waals surface area contributed by atoms with Gasteiger partial charge in [0.2, 0.25) is 17.7 Å². The normalized spacial score (nSPS) is 21.5. The van der Waals surface area contributed by atoms with Gasteiger partial charge in [-0.15, -0.1) is 0 Å². The van der Waals surface area contributed by atoms with Crippen molar-refractivity contribution in [3.63, 3.8) is 0 Å². The van der Waals surface area contributed by atoms with Crippen LogP contribution < -0.4 is 16.0 Å². The summed E-state index contributed by atoms with van der Waals surface area (Å²) < 4.78 is 5.43. The molecule has 2 aliphatic heterocycles. The standard InChI is InChI=1S/C38H46N4O6/c1-38(2,3)48-37(47)39-30(23-25-13-7-4-8-14-25)34(44)41-33-28(24-43)19-20-29-21-22-31(42(29)36(33)46)35(45)40-32(26-15-9-5-10-16-26)27-17-11-6-12-18-27/h4-18,28-33,43H,19-24H2,1-3H3,(H,39,47)(H,40,45)(H,41,44)/t28-,29+,30?,31+,33+/m1/s1. The first kappa shape index (κ1) is 34.6. The van der Waals surface area contributed by atoms with Crippen molar-refractivity contribution in [1.29, 1.82) is 0 Å². The lowest BCUT2D eigenvalue weighted by Crippen LogP contribution is -2.59. The molecule has 10 nitrogen and oxygen atoms in total. The van der Waals surface area contributed by atoms with Crippen molar-refractivity contribution in [2.24, 2.45) is 5.92 Å². The molecule has 2 saturated heterocycles. The van der Waals surface area contributed by atoms with Crippen LogP contribution in [0.5, 0.6) is 0 Å². The number of carbonyl (C=O) groups excluding carboxylic acids is 4. The first-order valence-electron chi connectivity index (χ1n) is 16.7. The molecule has 3 aromatic rings. The molecule has 5 atom stereocenters. The van der Waals surface area contributed by atoms with E-state index in [2.05, 4.69) is 16.0 Å². The Kier molecular flexibility index (Phi) is 11.2. The molecule has 0 saturated carbocycles. The highest BCUT2D eigenvalue weighted by molar-refractivity contribution is 5.95. The van der Waals surface area contributed by atoms with Crippen LogP contribution in [0.3, 0.4) is 0 Å². The minimum Gasteiger partial charge on any atom is -0.444 e. The highest BCUT2D eigenvalue weighted by atomic mass is 16.6. The molecule has 0 spiro atoms. The van der Waals surface area contributed by atoms with Gasteiger partial charge in [0.1, 0.15) is 23.7 Å². The average Bonchev–Trinajstić information content (AvgIpc) is 3.45. The van der Waals surface area contributed by atoms with Gasteiger partial charge < -0.3 is 30.7 Å². The molecule has 2 aliphatic rings. The second-order valence-corrected chi connectivity index (χ2v) is 13.7. The van der Waals surface area contributed by atoms with Crippen molar-refractivity contribution in [2.45, 2.75) is 88.7 Å². The number of hydrogen-bond acceptors (Lipinski definition) is 6. The number of nitrogens with zero attached hydrogens (tertiary/aromatic N) is 1. The molecule has 48 heavy (non-hydrogen) atoms. The van der Waals surface area contributed by atoms with E-state index in [0.717, 1.165) is 16.7 Å². The van der Waals surface area contributed by atoms with Gasteiger partial charge in [-0.1, -0.05) is 91.0 Å². The van der Waals surface area contributed by atoms with Crippen molar-refractivity contribution in [3.05, 3.63) is 108 Å². The van der Waals surface area contributed by atoms with Gasteiger partial charge in [-0.05, 0) is 63.1 Å². The molecule has 4 amide bonds. The lowest BCUT2D eigenvalue weighted by atomic mass is 9.93. The van der Waals surface area contributed by atoms with E-state index >= 15 is 0 Å². The summed E-state index contributed by atoms with van der Waals surface area (Å²) in [6, 6.07) is 25.1. The van der Waals surface area contributed by atoms with Gasteiger partial charge in [0, 0.05) is 25.0 Å². The Hall–Kier alpha value is -4.70. The third kappa shape index (κ3) is 8.60. The Morgan fingerprint density at radius 1 is 0.833 bits per heavy atom. The fraction of sp³-hybridized carbons (Fsp3) is 0.421. The lowest BCUT2D eigenvalue weighted by Gasteiger charge is -2.33. The Morgan fingerprint density at radius 2 is 1.40 bits per heavy atom. The van der Waals surface area contributed by atoms with Crippen molar-refractivity contribution in [1.82, 2.24) is 20.9 Å². The van der Waals surface area contributed by atoms with Gasteiger partial charge in [0.05, 0.1) is 6.04 Å². The monoisotopic (exact) mass is 654 g/mol. The summed E-state index contributed by atoms with van der Waals surface area (Å²) >= 11 is 0. The number of aliphatic hydroxyl groups is 1. The number of ether oxygens (including phenoxy) is 1. The number of fused-ring (bicyclic) bond motifs is 1. The number of amides is 4. The Morgan fingerprint density at radius 3 is 1.96 bits per heavy atom. The van der Waals surface area contributed by atoms with E-state index in [1.807, 2.05) is 91.0 Å². The molecule has 4 N–H and O–H groups in total. The van der Waals surface area contributed by atoms with Gasteiger partial charge in [-0.2, -0.15) is 0 Å². The maximum atomic E-state index is 14.4. The van der Waals surface area contributed by atoms with Gasteiger partial charge in [0.25, 0.3) is 0 Å². The minimum absolute atomic E-state index is 0.161. The molecule has 3 aromatic carbocycles. The van der Waals surface area contributed by atoms with E-state index in [0.29, 0.717) is 25.7 Å². The Labute approximate surface area is 282 Å².